The summed E-state index contributed by atoms with van der Waals surface area (Å²) in [6.45, 7) is 1.83. The Kier molecular flexibility index (Phi) is 5.77. The molecule has 0 radical (unpaired) electrons. The van der Waals surface area contributed by atoms with Crippen molar-refractivity contribution in [3.8, 4) is 11.3 Å². The third-order valence-electron chi connectivity index (χ3n) is 4.84. The first kappa shape index (κ1) is 21.7. The first-order valence-electron chi connectivity index (χ1n) is 9.36. The number of rotatable bonds is 4. The van der Waals surface area contributed by atoms with Gasteiger partial charge < -0.3 is 9.52 Å². The van der Waals surface area contributed by atoms with E-state index in [0.29, 0.717) is 17.0 Å². The highest BCUT2D eigenvalue weighted by Crippen LogP contribution is 2.30. The van der Waals surface area contributed by atoms with Crippen LogP contribution in [-0.4, -0.2) is 28.0 Å². The predicted octanol–water partition coefficient (Wildman–Crippen LogP) is 4.55. The van der Waals surface area contributed by atoms with Crippen molar-refractivity contribution in [2.24, 2.45) is 0 Å². The Morgan fingerprint density at radius 3 is 2.62 bits per heavy atom. The third kappa shape index (κ3) is 4.00. The number of carboxylic acids is 1. The molecule has 1 aromatic heterocycles. The third-order valence-corrected chi connectivity index (χ3v) is 5.62. The Labute approximate surface area is 196 Å². The molecule has 4 rings (SSSR count). The molecule has 32 heavy (non-hydrogen) atoms. The summed E-state index contributed by atoms with van der Waals surface area (Å²) in [5.74, 6) is -1.80. The lowest BCUT2D eigenvalue weighted by Gasteiger charge is -2.29. The number of thiocarbonyl (C=S) groups is 1. The highest BCUT2D eigenvalue weighted by molar-refractivity contribution is 9.10. The number of anilines is 1. The summed E-state index contributed by atoms with van der Waals surface area (Å²) < 4.78 is 6.58. The smallest absolute Gasteiger partial charge is 0.336 e. The quantitative estimate of drug-likeness (QED) is 0.303. The summed E-state index contributed by atoms with van der Waals surface area (Å²) in [6.07, 6.45) is 1.31. The number of aromatic carboxylic acids is 1. The molecule has 0 saturated carbocycles. The molecule has 1 saturated heterocycles. The molecule has 3 aromatic rings. The summed E-state index contributed by atoms with van der Waals surface area (Å²) in [4.78, 5) is 38.4. The molecule has 0 atom stereocenters. The Morgan fingerprint density at radius 2 is 1.91 bits per heavy atom. The summed E-state index contributed by atoms with van der Waals surface area (Å²) >= 11 is 8.62. The molecule has 2 aromatic carbocycles. The molecule has 160 valence electrons. The number of aryl methyl sites for hydroxylation is 1. The van der Waals surface area contributed by atoms with Gasteiger partial charge in [-0.1, -0.05) is 34.1 Å². The van der Waals surface area contributed by atoms with E-state index in [2.05, 4.69) is 21.2 Å². The van der Waals surface area contributed by atoms with Crippen LogP contribution in [0.1, 0.15) is 21.7 Å². The fourth-order valence-corrected chi connectivity index (χ4v) is 4.10. The SMILES string of the molecule is Cc1cc(Br)ccc1N1C(=O)/C(=C/c2ccc(-c3ccccc3C(=O)O)o2)C(=O)NC1=S. The van der Waals surface area contributed by atoms with E-state index in [0.717, 1.165) is 10.0 Å². The maximum Gasteiger partial charge on any atom is 0.336 e. The van der Waals surface area contributed by atoms with Gasteiger partial charge in [0.05, 0.1) is 11.3 Å². The van der Waals surface area contributed by atoms with E-state index in [4.69, 9.17) is 16.6 Å². The first-order chi connectivity index (χ1) is 15.3. The zero-order chi connectivity index (χ0) is 23.0. The minimum absolute atomic E-state index is 0.0157. The maximum absolute atomic E-state index is 13.2. The second kappa shape index (κ2) is 8.52. The van der Waals surface area contributed by atoms with Crippen LogP contribution in [-0.2, 0) is 9.59 Å². The van der Waals surface area contributed by atoms with Crippen LogP contribution >= 0.6 is 28.1 Å². The first-order valence-corrected chi connectivity index (χ1v) is 10.6. The van der Waals surface area contributed by atoms with Gasteiger partial charge in [-0.25, -0.2) is 4.79 Å². The number of nitrogens with zero attached hydrogens (tertiary/aromatic N) is 1. The number of amides is 2. The van der Waals surface area contributed by atoms with Crippen molar-refractivity contribution >= 4 is 62.8 Å². The lowest BCUT2D eigenvalue weighted by Crippen LogP contribution is -2.54. The maximum atomic E-state index is 13.2. The Balaban J connectivity index is 1.71. The summed E-state index contributed by atoms with van der Waals surface area (Å²) in [5, 5.41) is 11.9. The lowest BCUT2D eigenvalue weighted by molar-refractivity contribution is -0.122. The highest BCUT2D eigenvalue weighted by Gasteiger charge is 2.35. The van der Waals surface area contributed by atoms with Crippen molar-refractivity contribution in [1.29, 1.82) is 0 Å². The van der Waals surface area contributed by atoms with Gasteiger partial charge in [0.1, 0.15) is 17.1 Å². The van der Waals surface area contributed by atoms with Crippen LogP contribution in [0.15, 0.2) is 69.1 Å². The molecule has 0 aliphatic carbocycles. The largest absolute Gasteiger partial charge is 0.478 e. The van der Waals surface area contributed by atoms with Crippen LogP contribution in [0.3, 0.4) is 0 Å². The van der Waals surface area contributed by atoms with Crippen molar-refractivity contribution in [1.82, 2.24) is 5.32 Å². The normalized spacial score (nSPS) is 15.2. The predicted molar refractivity (Wildman–Crippen MR) is 126 cm³/mol. The van der Waals surface area contributed by atoms with Gasteiger partial charge in [-0.05, 0) is 67.2 Å². The van der Waals surface area contributed by atoms with Gasteiger partial charge in [0.25, 0.3) is 11.8 Å². The second-order valence-corrected chi connectivity index (χ2v) is 8.24. The number of hydrogen-bond donors (Lipinski definition) is 2. The summed E-state index contributed by atoms with van der Waals surface area (Å²) in [6, 6.07) is 14.9. The second-order valence-electron chi connectivity index (χ2n) is 6.94. The van der Waals surface area contributed by atoms with Gasteiger partial charge in [0.15, 0.2) is 5.11 Å². The molecule has 9 heteroatoms. The van der Waals surface area contributed by atoms with Crippen LogP contribution in [0.4, 0.5) is 5.69 Å². The van der Waals surface area contributed by atoms with E-state index in [1.807, 2.05) is 13.0 Å². The van der Waals surface area contributed by atoms with Crippen LogP contribution in [0, 0.1) is 6.92 Å². The van der Waals surface area contributed by atoms with Gasteiger partial charge in [-0.3, -0.25) is 19.8 Å². The number of benzene rings is 2. The van der Waals surface area contributed by atoms with Gasteiger partial charge >= 0.3 is 5.97 Å². The molecular formula is C23H15BrN2O5S. The molecule has 1 fully saturated rings. The number of furan rings is 1. The molecular weight excluding hydrogens is 496 g/mol. The van der Waals surface area contributed by atoms with Crippen LogP contribution in [0.5, 0.6) is 0 Å². The highest BCUT2D eigenvalue weighted by atomic mass is 79.9. The van der Waals surface area contributed by atoms with Crippen molar-refractivity contribution in [2.45, 2.75) is 6.92 Å². The van der Waals surface area contributed by atoms with Crippen LogP contribution in [0.25, 0.3) is 17.4 Å². The average Bonchev–Trinajstić information content (AvgIpc) is 3.21. The molecule has 1 aliphatic rings. The lowest BCUT2D eigenvalue weighted by atomic mass is 10.1. The monoisotopic (exact) mass is 510 g/mol. The van der Waals surface area contributed by atoms with E-state index in [1.54, 1.807) is 42.5 Å². The Hall–Kier alpha value is -3.56. The number of nitrogens with one attached hydrogen (secondary N) is 1. The standard InChI is InChI=1S/C23H15BrN2O5S/c1-12-10-13(24)6-8-18(12)26-21(28)17(20(27)25-23(26)32)11-14-7-9-19(31-14)15-4-2-3-5-16(15)22(29)30/h2-11H,1H3,(H,29,30)(H,25,27,32)/b17-11+. The minimum Gasteiger partial charge on any atom is -0.478 e. The van der Waals surface area contributed by atoms with E-state index in [1.165, 1.54) is 17.0 Å². The zero-order valence-electron chi connectivity index (χ0n) is 16.6. The fourth-order valence-electron chi connectivity index (χ4n) is 3.35. The molecule has 7 nitrogen and oxygen atoms in total. The van der Waals surface area contributed by atoms with Crippen LogP contribution < -0.4 is 10.2 Å². The average molecular weight is 511 g/mol. The zero-order valence-corrected chi connectivity index (χ0v) is 19.0. The molecule has 2 amide bonds. The molecule has 0 bridgehead atoms. The Morgan fingerprint density at radius 1 is 1.16 bits per heavy atom. The summed E-state index contributed by atoms with van der Waals surface area (Å²) in [5.41, 5.74) is 1.64. The molecule has 2 heterocycles. The van der Waals surface area contributed by atoms with Gasteiger partial charge in [0.2, 0.25) is 0 Å². The van der Waals surface area contributed by atoms with Crippen molar-refractivity contribution in [3.63, 3.8) is 0 Å². The number of halogens is 1. The summed E-state index contributed by atoms with van der Waals surface area (Å²) in [7, 11) is 0. The number of carboxylic acid groups (broad SMARTS) is 1. The van der Waals surface area contributed by atoms with Crippen molar-refractivity contribution in [2.75, 3.05) is 4.90 Å². The van der Waals surface area contributed by atoms with E-state index < -0.39 is 17.8 Å². The molecule has 1 aliphatic heterocycles. The van der Waals surface area contributed by atoms with E-state index >= 15 is 0 Å². The van der Waals surface area contributed by atoms with Gasteiger partial charge in [-0.15, -0.1) is 0 Å². The molecule has 0 spiro atoms. The number of hydrogen-bond acceptors (Lipinski definition) is 5. The topological polar surface area (TPSA) is 99.8 Å². The van der Waals surface area contributed by atoms with Gasteiger partial charge in [0, 0.05) is 10.0 Å². The molecule has 0 unspecified atom stereocenters. The minimum atomic E-state index is -1.09. The Bertz CT molecular complexity index is 1330. The van der Waals surface area contributed by atoms with Crippen molar-refractivity contribution in [3.05, 3.63) is 81.5 Å². The van der Waals surface area contributed by atoms with E-state index in [9.17, 15) is 19.5 Å². The number of carbonyl (C=O) groups is 3. The van der Waals surface area contributed by atoms with Crippen molar-refractivity contribution < 1.29 is 23.9 Å². The van der Waals surface area contributed by atoms with Crippen LogP contribution in [0.2, 0.25) is 0 Å². The van der Waals surface area contributed by atoms with Gasteiger partial charge in [-0.2, -0.15) is 0 Å². The fraction of sp³-hybridized carbons (Fsp3) is 0.0435. The number of carbonyl (C=O) groups excluding carboxylic acids is 2. The van der Waals surface area contributed by atoms with E-state index in [-0.39, 0.29) is 22.0 Å². The molecule has 2 N–H and O–H groups in total.